The Morgan fingerprint density at radius 2 is 1.83 bits per heavy atom. The Morgan fingerprint density at radius 3 is 2.57 bits per heavy atom. The number of H-pyrrole nitrogens is 1. The minimum atomic E-state index is -4.38. The van der Waals surface area contributed by atoms with E-state index in [9.17, 15) is 18.0 Å². The first-order valence-electron chi connectivity index (χ1n) is 10.3. The fourth-order valence-electron chi connectivity index (χ4n) is 4.20. The summed E-state index contributed by atoms with van der Waals surface area (Å²) in [6.45, 7) is 0.113. The molecule has 0 radical (unpaired) electrons. The highest BCUT2D eigenvalue weighted by Gasteiger charge is 2.30. The van der Waals surface area contributed by atoms with E-state index in [0.717, 1.165) is 61.1 Å². The van der Waals surface area contributed by atoms with Gasteiger partial charge < -0.3 is 10.3 Å². The van der Waals surface area contributed by atoms with Crippen LogP contribution < -0.4 is 5.32 Å². The molecule has 2 aromatic carbocycles. The molecule has 1 aromatic heterocycles. The van der Waals surface area contributed by atoms with E-state index in [2.05, 4.69) is 15.3 Å². The van der Waals surface area contributed by atoms with Crippen LogP contribution in [0.5, 0.6) is 0 Å². The van der Waals surface area contributed by atoms with Crippen molar-refractivity contribution in [3.8, 4) is 0 Å². The zero-order valence-electron chi connectivity index (χ0n) is 16.5. The summed E-state index contributed by atoms with van der Waals surface area (Å²) in [5.41, 5.74) is 1.77. The summed E-state index contributed by atoms with van der Waals surface area (Å²) < 4.78 is 38.5. The number of nitrogens with zero attached hydrogens (tertiary/aromatic N) is 1. The second-order valence-electron chi connectivity index (χ2n) is 8.04. The second-order valence-corrected chi connectivity index (χ2v) is 8.04. The van der Waals surface area contributed by atoms with Crippen molar-refractivity contribution in [2.45, 2.75) is 44.8 Å². The minimum absolute atomic E-state index is 0.0744. The van der Waals surface area contributed by atoms with E-state index in [1.807, 2.05) is 24.3 Å². The smallest absolute Gasteiger partial charge is 0.352 e. The lowest BCUT2D eigenvalue weighted by Crippen LogP contribution is -2.33. The SMILES string of the molecule is O=C(NCc1cccc(C(F)(F)F)c1)C1CCC(Cc2nc3ccccc3[nH]2)CC1. The molecular formula is C23H24F3N3O. The molecule has 1 aliphatic carbocycles. The quantitative estimate of drug-likeness (QED) is 0.598. The summed E-state index contributed by atoms with van der Waals surface area (Å²) >= 11 is 0. The highest BCUT2D eigenvalue weighted by Crippen LogP contribution is 2.32. The van der Waals surface area contributed by atoms with Gasteiger partial charge in [0.2, 0.25) is 5.91 Å². The number of imidazole rings is 1. The molecule has 2 N–H and O–H groups in total. The number of benzene rings is 2. The lowest BCUT2D eigenvalue weighted by Gasteiger charge is -2.27. The highest BCUT2D eigenvalue weighted by atomic mass is 19.4. The van der Waals surface area contributed by atoms with E-state index in [1.54, 1.807) is 6.07 Å². The molecule has 1 fully saturated rings. The van der Waals surface area contributed by atoms with Gasteiger partial charge in [-0.2, -0.15) is 13.2 Å². The van der Waals surface area contributed by atoms with Crippen molar-refractivity contribution < 1.29 is 18.0 Å². The number of amides is 1. The van der Waals surface area contributed by atoms with Crippen LogP contribution in [0.25, 0.3) is 11.0 Å². The third-order valence-corrected chi connectivity index (χ3v) is 5.86. The minimum Gasteiger partial charge on any atom is -0.352 e. The zero-order chi connectivity index (χ0) is 21.1. The van der Waals surface area contributed by atoms with Crippen molar-refractivity contribution in [2.75, 3.05) is 0 Å². The molecule has 30 heavy (non-hydrogen) atoms. The van der Waals surface area contributed by atoms with Gasteiger partial charge in [-0.1, -0.05) is 24.3 Å². The normalized spacial score (nSPS) is 19.7. The lowest BCUT2D eigenvalue weighted by molar-refractivity contribution is -0.137. The summed E-state index contributed by atoms with van der Waals surface area (Å²) in [4.78, 5) is 20.5. The molecule has 0 bridgehead atoms. The first-order chi connectivity index (χ1) is 14.4. The van der Waals surface area contributed by atoms with Crippen molar-refractivity contribution in [3.63, 3.8) is 0 Å². The van der Waals surface area contributed by atoms with Gasteiger partial charge in [-0.25, -0.2) is 4.98 Å². The molecule has 0 spiro atoms. The number of aromatic nitrogens is 2. The number of para-hydroxylation sites is 2. The Hall–Kier alpha value is -2.83. The van der Waals surface area contributed by atoms with Crippen LogP contribution >= 0.6 is 0 Å². The summed E-state index contributed by atoms with van der Waals surface area (Å²) in [7, 11) is 0. The van der Waals surface area contributed by atoms with Gasteiger partial charge in [0.25, 0.3) is 0 Å². The van der Waals surface area contributed by atoms with Gasteiger partial charge in [0.05, 0.1) is 16.6 Å². The van der Waals surface area contributed by atoms with E-state index < -0.39 is 11.7 Å². The monoisotopic (exact) mass is 415 g/mol. The maximum absolute atomic E-state index is 12.8. The van der Waals surface area contributed by atoms with E-state index in [1.165, 1.54) is 6.07 Å². The molecule has 0 saturated heterocycles. The Kier molecular flexibility index (Phi) is 5.79. The summed E-state index contributed by atoms with van der Waals surface area (Å²) in [6, 6.07) is 13.0. The molecule has 4 rings (SSSR count). The van der Waals surface area contributed by atoms with Crippen molar-refractivity contribution in [3.05, 3.63) is 65.5 Å². The van der Waals surface area contributed by atoms with Gasteiger partial charge in [-0.3, -0.25) is 4.79 Å². The van der Waals surface area contributed by atoms with E-state index in [-0.39, 0.29) is 18.4 Å². The van der Waals surface area contributed by atoms with Gasteiger partial charge in [0.1, 0.15) is 5.82 Å². The number of nitrogens with one attached hydrogen (secondary N) is 2. The number of aromatic amines is 1. The first-order valence-corrected chi connectivity index (χ1v) is 10.3. The Bertz CT molecular complexity index is 987. The van der Waals surface area contributed by atoms with Crippen LogP contribution in [0.3, 0.4) is 0 Å². The maximum Gasteiger partial charge on any atom is 0.416 e. The third kappa shape index (κ3) is 4.83. The number of rotatable bonds is 5. The van der Waals surface area contributed by atoms with E-state index in [0.29, 0.717) is 11.5 Å². The number of hydrogen-bond acceptors (Lipinski definition) is 2. The van der Waals surface area contributed by atoms with Crippen LogP contribution in [0.1, 0.15) is 42.6 Å². The number of alkyl halides is 3. The second kappa shape index (κ2) is 8.50. The molecule has 4 nitrogen and oxygen atoms in total. The molecule has 1 aliphatic rings. The van der Waals surface area contributed by atoms with Crippen LogP contribution in [0.4, 0.5) is 13.2 Å². The molecule has 0 aliphatic heterocycles. The molecule has 1 saturated carbocycles. The Labute approximate surface area is 172 Å². The van der Waals surface area contributed by atoms with Crippen LogP contribution in [0.2, 0.25) is 0 Å². The number of carbonyl (C=O) groups excluding carboxylic acids is 1. The number of hydrogen-bond donors (Lipinski definition) is 2. The predicted molar refractivity (Wildman–Crippen MR) is 109 cm³/mol. The van der Waals surface area contributed by atoms with Crippen molar-refractivity contribution in [1.29, 1.82) is 0 Å². The summed E-state index contributed by atoms with van der Waals surface area (Å²) in [6.07, 6.45) is -0.0402. The number of fused-ring (bicyclic) bond motifs is 1. The van der Waals surface area contributed by atoms with Crippen LogP contribution in [0, 0.1) is 11.8 Å². The summed E-state index contributed by atoms with van der Waals surface area (Å²) in [5.74, 6) is 1.31. The molecule has 158 valence electrons. The standard InChI is InChI=1S/C23H24F3N3O/c24-23(25,26)18-5-3-4-16(12-18)14-27-22(30)17-10-8-15(9-11-17)13-21-28-19-6-1-2-7-20(19)29-21/h1-7,12,15,17H,8-11,13-14H2,(H,27,30)(H,28,29). The average molecular weight is 415 g/mol. The topological polar surface area (TPSA) is 57.8 Å². The van der Waals surface area contributed by atoms with E-state index >= 15 is 0 Å². The molecule has 1 amide bonds. The van der Waals surface area contributed by atoms with Crippen molar-refractivity contribution in [1.82, 2.24) is 15.3 Å². The average Bonchev–Trinajstić information content (AvgIpc) is 3.14. The van der Waals surface area contributed by atoms with Crippen LogP contribution in [-0.2, 0) is 23.9 Å². The fourth-order valence-corrected chi connectivity index (χ4v) is 4.20. The number of carbonyl (C=O) groups is 1. The van der Waals surface area contributed by atoms with Crippen molar-refractivity contribution >= 4 is 16.9 Å². The predicted octanol–water partition coefficient (Wildman–Crippen LogP) is 5.25. The molecule has 0 atom stereocenters. The van der Waals surface area contributed by atoms with Crippen molar-refractivity contribution in [2.24, 2.45) is 11.8 Å². The largest absolute Gasteiger partial charge is 0.416 e. The maximum atomic E-state index is 12.8. The van der Waals surface area contributed by atoms with Gasteiger partial charge in [-0.05, 0) is 61.4 Å². The van der Waals surface area contributed by atoms with Gasteiger partial charge in [0, 0.05) is 18.9 Å². The Morgan fingerprint density at radius 1 is 1.07 bits per heavy atom. The molecule has 7 heteroatoms. The van der Waals surface area contributed by atoms with E-state index in [4.69, 9.17) is 0 Å². The first kappa shape index (κ1) is 20.4. The Balaban J connectivity index is 1.26. The van der Waals surface area contributed by atoms with Crippen LogP contribution in [0.15, 0.2) is 48.5 Å². The molecular weight excluding hydrogens is 391 g/mol. The van der Waals surface area contributed by atoms with Gasteiger partial charge in [-0.15, -0.1) is 0 Å². The summed E-state index contributed by atoms with van der Waals surface area (Å²) in [5, 5.41) is 2.80. The zero-order valence-corrected chi connectivity index (χ0v) is 16.5. The fraction of sp³-hybridized carbons (Fsp3) is 0.391. The molecule has 0 unspecified atom stereocenters. The highest BCUT2D eigenvalue weighted by molar-refractivity contribution is 5.78. The molecule has 1 heterocycles. The van der Waals surface area contributed by atoms with Crippen LogP contribution in [-0.4, -0.2) is 15.9 Å². The third-order valence-electron chi connectivity index (χ3n) is 5.86. The van der Waals surface area contributed by atoms with Gasteiger partial charge >= 0.3 is 6.18 Å². The lowest BCUT2D eigenvalue weighted by atomic mass is 9.80. The van der Waals surface area contributed by atoms with Gasteiger partial charge in [0.15, 0.2) is 0 Å². The number of halogens is 3. The molecule has 3 aromatic rings.